The van der Waals surface area contributed by atoms with Gasteiger partial charge < -0.3 is 4.74 Å². The molecule has 24 heavy (non-hydrogen) atoms. The van der Waals surface area contributed by atoms with E-state index < -0.39 is 26.5 Å². The minimum absolute atomic E-state index is 0.0212. The molecule has 0 amide bonds. The maximum absolute atomic E-state index is 12.7. The molecule has 2 rings (SSSR count). The molecule has 0 aromatic heterocycles. The Morgan fingerprint density at radius 1 is 1.21 bits per heavy atom. The van der Waals surface area contributed by atoms with Gasteiger partial charge in [-0.2, -0.15) is 0 Å². The molecule has 10 heteroatoms. The highest BCUT2D eigenvalue weighted by Gasteiger charge is 2.16. The molecule has 0 bridgehead atoms. The first-order chi connectivity index (χ1) is 11.3. The van der Waals surface area contributed by atoms with Gasteiger partial charge in [-0.3, -0.25) is 14.8 Å². The average Bonchev–Trinajstić information content (AvgIpc) is 2.50. The van der Waals surface area contributed by atoms with Gasteiger partial charge >= 0.3 is 0 Å². The topological polar surface area (TPSA) is 98.5 Å². The average molecular weight is 375 g/mol. The number of nitrogens with zero attached hydrogens (tertiary/aromatic N) is 1. The van der Waals surface area contributed by atoms with Gasteiger partial charge in [-0.05, 0) is 36.4 Å². The number of hydrogen-bond acceptors (Lipinski definition) is 5. The number of benzene rings is 2. The molecule has 2 aromatic rings. The van der Waals surface area contributed by atoms with E-state index in [0.717, 1.165) is 6.07 Å². The zero-order valence-corrected chi connectivity index (χ0v) is 13.7. The van der Waals surface area contributed by atoms with Crippen molar-refractivity contribution < 1.29 is 22.5 Å². The van der Waals surface area contributed by atoms with E-state index in [0.29, 0.717) is 5.75 Å². The second kappa shape index (κ2) is 7.45. The fraction of sp³-hybridized carbons (Fsp3) is 0.143. The quantitative estimate of drug-likeness (QED) is 0.592. The van der Waals surface area contributed by atoms with Gasteiger partial charge in [-0.15, -0.1) is 0 Å². The summed E-state index contributed by atoms with van der Waals surface area (Å²) >= 11 is 5.66. The number of halogens is 2. The highest BCUT2D eigenvalue weighted by Crippen LogP contribution is 2.27. The summed E-state index contributed by atoms with van der Waals surface area (Å²) in [7, 11) is -3.78. The van der Waals surface area contributed by atoms with Crippen LogP contribution in [-0.4, -0.2) is 25.7 Å². The van der Waals surface area contributed by atoms with Crippen LogP contribution >= 0.6 is 11.6 Å². The Morgan fingerprint density at radius 2 is 1.88 bits per heavy atom. The van der Waals surface area contributed by atoms with Crippen molar-refractivity contribution in [2.24, 2.45) is 0 Å². The van der Waals surface area contributed by atoms with E-state index in [2.05, 4.69) is 4.72 Å². The predicted molar refractivity (Wildman–Crippen MR) is 87.4 cm³/mol. The third-order valence-electron chi connectivity index (χ3n) is 2.85. The van der Waals surface area contributed by atoms with Crippen LogP contribution in [0.15, 0.2) is 42.5 Å². The molecule has 0 spiro atoms. The number of nitro groups is 1. The van der Waals surface area contributed by atoms with Crippen molar-refractivity contribution in [3.63, 3.8) is 0 Å². The number of ether oxygens (including phenoxy) is 1. The van der Waals surface area contributed by atoms with Gasteiger partial charge in [0, 0.05) is 6.07 Å². The molecule has 0 saturated heterocycles. The maximum atomic E-state index is 12.7. The molecule has 0 atom stereocenters. The van der Waals surface area contributed by atoms with E-state index in [1.807, 2.05) is 0 Å². The largest absolute Gasteiger partial charge is 0.492 e. The number of nitro benzene ring substituents is 1. The number of rotatable bonds is 7. The molecular formula is C14H12ClFN2O5S. The van der Waals surface area contributed by atoms with Crippen LogP contribution in [0.2, 0.25) is 5.02 Å². The summed E-state index contributed by atoms with van der Waals surface area (Å²) < 4.78 is 44.1. The Bertz CT molecular complexity index is 843. The van der Waals surface area contributed by atoms with Gasteiger partial charge in [0.1, 0.15) is 28.9 Å². The van der Waals surface area contributed by atoms with E-state index in [4.69, 9.17) is 16.3 Å². The standard InChI is InChI=1S/C14H12ClFN2O5S/c15-13-6-3-11(9-14(13)18(19)20)17-24(21,22)8-7-23-12-4-1-10(16)2-5-12/h1-6,9,17H,7-8H2. The minimum Gasteiger partial charge on any atom is -0.492 e. The number of nitrogens with one attached hydrogen (secondary N) is 1. The summed E-state index contributed by atoms with van der Waals surface area (Å²) in [5, 5.41) is 10.7. The molecule has 128 valence electrons. The van der Waals surface area contributed by atoms with Crippen molar-refractivity contribution >= 4 is 33.0 Å². The number of anilines is 1. The molecule has 1 N–H and O–H groups in total. The van der Waals surface area contributed by atoms with Crippen LogP contribution in [0.4, 0.5) is 15.8 Å². The van der Waals surface area contributed by atoms with Crippen molar-refractivity contribution in [3.8, 4) is 5.75 Å². The zero-order chi connectivity index (χ0) is 17.7. The van der Waals surface area contributed by atoms with Crippen molar-refractivity contribution in [2.45, 2.75) is 0 Å². The lowest BCUT2D eigenvalue weighted by Crippen LogP contribution is -2.21. The normalized spacial score (nSPS) is 11.1. The first-order valence-electron chi connectivity index (χ1n) is 6.60. The minimum atomic E-state index is -3.78. The van der Waals surface area contributed by atoms with E-state index in [-0.39, 0.29) is 23.1 Å². The van der Waals surface area contributed by atoms with Gasteiger partial charge in [-0.25, -0.2) is 12.8 Å². The maximum Gasteiger partial charge on any atom is 0.289 e. The molecule has 0 fully saturated rings. The Morgan fingerprint density at radius 3 is 2.50 bits per heavy atom. The predicted octanol–water partition coefficient (Wildman–Crippen LogP) is 3.21. The first kappa shape index (κ1) is 18.0. The molecule has 0 unspecified atom stereocenters. The zero-order valence-electron chi connectivity index (χ0n) is 12.1. The fourth-order valence-corrected chi connectivity index (χ4v) is 2.82. The van der Waals surface area contributed by atoms with Gasteiger partial charge in [0.15, 0.2) is 0 Å². The van der Waals surface area contributed by atoms with Gasteiger partial charge in [0.25, 0.3) is 5.69 Å². The summed E-state index contributed by atoms with van der Waals surface area (Å²) in [5.41, 5.74) is -0.382. The Hall–Kier alpha value is -2.39. The van der Waals surface area contributed by atoms with Crippen molar-refractivity contribution in [1.29, 1.82) is 0 Å². The van der Waals surface area contributed by atoms with Gasteiger partial charge in [-0.1, -0.05) is 11.6 Å². The Kier molecular flexibility index (Phi) is 5.58. The molecule has 0 radical (unpaired) electrons. The van der Waals surface area contributed by atoms with Crippen molar-refractivity contribution in [3.05, 3.63) is 63.4 Å². The highest BCUT2D eigenvalue weighted by molar-refractivity contribution is 7.92. The molecular weight excluding hydrogens is 363 g/mol. The lowest BCUT2D eigenvalue weighted by Gasteiger charge is -2.09. The van der Waals surface area contributed by atoms with Crippen LogP contribution < -0.4 is 9.46 Å². The third-order valence-corrected chi connectivity index (χ3v) is 4.42. The number of hydrogen-bond donors (Lipinski definition) is 1. The lowest BCUT2D eigenvalue weighted by molar-refractivity contribution is -0.384. The van der Waals surface area contributed by atoms with Crippen molar-refractivity contribution in [1.82, 2.24) is 0 Å². The summed E-state index contributed by atoms with van der Waals surface area (Å²) in [4.78, 5) is 10.1. The monoisotopic (exact) mass is 374 g/mol. The first-order valence-corrected chi connectivity index (χ1v) is 8.63. The van der Waals surface area contributed by atoms with Gasteiger partial charge in [0.05, 0.1) is 10.6 Å². The van der Waals surface area contributed by atoms with Crippen molar-refractivity contribution in [2.75, 3.05) is 17.1 Å². The van der Waals surface area contributed by atoms with E-state index in [1.54, 1.807) is 0 Å². The highest BCUT2D eigenvalue weighted by atomic mass is 35.5. The Balaban J connectivity index is 1.97. The van der Waals surface area contributed by atoms with E-state index in [9.17, 15) is 22.9 Å². The smallest absolute Gasteiger partial charge is 0.289 e. The van der Waals surface area contributed by atoms with Gasteiger partial charge in [0.2, 0.25) is 10.0 Å². The summed E-state index contributed by atoms with van der Waals surface area (Å²) in [5.74, 6) is -0.490. The van der Waals surface area contributed by atoms with Crippen LogP contribution in [0.1, 0.15) is 0 Å². The Labute approximate surface area is 142 Å². The second-order valence-electron chi connectivity index (χ2n) is 4.65. The fourth-order valence-electron chi connectivity index (χ4n) is 1.75. The third kappa shape index (κ3) is 5.07. The lowest BCUT2D eigenvalue weighted by atomic mass is 10.3. The van der Waals surface area contributed by atoms with Crippen LogP contribution in [0.25, 0.3) is 0 Å². The number of sulfonamides is 1. The van der Waals surface area contributed by atoms with E-state index in [1.165, 1.54) is 36.4 Å². The molecule has 0 saturated carbocycles. The SMILES string of the molecule is O=[N+]([O-])c1cc(NS(=O)(=O)CCOc2ccc(F)cc2)ccc1Cl. The van der Waals surface area contributed by atoms with Crippen LogP contribution in [0, 0.1) is 15.9 Å². The van der Waals surface area contributed by atoms with Crippen LogP contribution in [-0.2, 0) is 10.0 Å². The summed E-state index contributed by atoms with van der Waals surface area (Å²) in [6.45, 7) is -0.170. The van der Waals surface area contributed by atoms with Crippen LogP contribution in [0.3, 0.4) is 0 Å². The molecule has 0 aliphatic heterocycles. The molecule has 0 aliphatic carbocycles. The summed E-state index contributed by atoms with van der Waals surface area (Å²) in [6, 6.07) is 8.70. The second-order valence-corrected chi connectivity index (χ2v) is 6.90. The summed E-state index contributed by atoms with van der Waals surface area (Å²) in [6.07, 6.45) is 0. The molecule has 0 heterocycles. The molecule has 2 aromatic carbocycles. The molecule has 0 aliphatic rings. The van der Waals surface area contributed by atoms with Crippen LogP contribution in [0.5, 0.6) is 5.75 Å². The molecule has 7 nitrogen and oxygen atoms in total. The van der Waals surface area contributed by atoms with E-state index >= 15 is 0 Å².